The monoisotopic (exact) mass is 244 g/mol. The number of ether oxygens (including phenoxy) is 1. The molecule has 0 aromatic heterocycles. The molecule has 0 aliphatic heterocycles. The van der Waals surface area contributed by atoms with Crippen LogP contribution in [-0.2, 0) is 9.53 Å². The molecule has 0 saturated heterocycles. The van der Waals surface area contributed by atoms with Crippen molar-refractivity contribution in [2.45, 2.75) is 46.5 Å². The topological polar surface area (TPSA) is 64.3 Å². The number of carbonyl (C=O) groups is 1. The van der Waals surface area contributed by atoms with Gasteiger partial charge in [-0.25, -0.2) is 0 Å². The average Bonchev–Trinajstić information content (AvgIpc) is 2.30. The van der Waals surface area contributed by atoms with E-state index in [2.05, 4.69) is 26.1 Å². The van der Waals surface area contributed by atoms with E-state index < -0.39 is 0 Å². The Morgan fingerprint density at radius 3 is 2.65 bits per heavy atom. The van der Waals surface area contributed by atoms with Crippen molar-refractivity contribution in [1.82, 2.24) is 5.32 Å². The molecule has 4 nitrogen and oxygen atoms in total. The van der Waals surface area contributed by atoms with Crippen LogP contribution in [0.15, 0.2) is 0 Å². The van der Waals surface area contributed by atoms with Gasteiger partial charge in [-0.1, -0.05) is 20.8 Å². The minimum atomic E-state index is 0.0712. The molecule has 0 aromatic carbocycles. The minimum Gasteiger partial charge on any atom is -0.381 e. The van der Waals surface area contributed by atoms with Crippen LogP contribution >= 0.6 is 0 Å². The molecule has 0 bridgehead atoms. The zero-order chi connectivity index (χ0) is 13.1. The third kappa shape index (κ3) is 10.3. The molecule has 4 heteroatoms. The summed E-state index contributed by atoms with van der Waals surface area (Å²) in [6.07, 6.45) is 3.49. The molecule has 0 atom stereocenters. The molecule has 17 heavy (non-hydrogen) atoms. The van der Waals surface area contributed by atoms with E-state index in [4.69, 9.17) is 10.5 Å². The van der Waals surface area contributed by atoms with Crippen LogP contribution in [0.5, 0.6) is 0 Å². The van der Waals surface area contributed by atoms with Crippen LogP contribution in [0.1, 0.15) is 46.5 Å². The standard InChI is InChI=1S/C13H28N2O2/c1-4-9-17-10-6-12(16)15-11-13(2,3)7-5-8-14/h4-11,14H2,1-3H3,(H,15,16). The molecule has 0 aromatic rings. The van der Waals surface area contributed by atoms with E-state index in [1.54, 1.807) is 0 Å². The average molecular weight is 244 g/mol. The molecule has 0 saturated carbocycles. The Kier molecular flexibility index (Phi) is 9.09. The lowest BCUT2D eigenvalue weighted by Crippen LogP contribution is -2.34. The van der Waals surface area contributed by atoms with Crippen LogP contribution in [-0.4, -0.2) is 32.2 Å². The smallest absolute Gasteiger partial charge is 0.222 e. The summed E-state index contributed by atoms with van der Waals surface area (Å²) in [7, 11) is 0. The number of amides is 1. The molecule has 0 heterocycles. The maximum atomic E-state index is 11.5. The summed E-state index contributed by atoms with van der Waals surface area (Å²) in [5, 5.41) is 2.95. The van der Waals surface area contributed by atoms with Crippen molar-refractivity contribution >= 4 is 5.91 Å². The first-order valence-electron chi connectivity index (χ1n) is 6.56. The Morgan fingerprint density at radius 2 is 2.06 bits per heavy atom. The molecule has 0 spiro atoms. The molecule has 0 rings (SSSR count). The van der Waals surface area contributed by atoms with E-state index in [0.29, 0.717) is 26.1 Å². The van der Waals surface area contributed by atoms with Crippen molar-refractivity contribution in [3.8, 4) is 0 Å². The molecule has 0 fully saturated rings. The first-order valence-corrected chi connectivity index (χ1v) is 6.56. The zero-order valence-corrected chi connectivity index (χ0v) is 11.6. The van der Waals surface area contributed by atoms with Crippen molar-refractivity contribution in [1.29, 1.82) is 0 Å². The molecule has 1 amide bonds. The van der Waals surface area contributed by atoms with Crippen LogP contribution in [0.4, 0.5) is 0 Å². The SMILES string of the molecule is CCCOCCC(=O)NCC(C)(C)CCCN. The zero-order valence-electron chi connectivity index (χ0n) is 11.6. The van der Waals surface area contributed by atoms with Gasteiger partial charge in [-0.05, 0) is 31.2 Å². The van der Waals surface area contributed by atoms with E-state index >= 15 is 0 Å². The van der Waals surface area contributed by atoms with Crippen molar-refractivity contribution < 1.29 is 9.53 Å². The highest BCUT2D eigenvalue weighted by Crippen LogP contribution is 2.20. The Balaban J connectivity index is 3.60. The Bertz CT molecular complexity index is 206. The van der Waals surface area contributed by atoms with Crippen molar-refractivity contribution in [3.05, 3.63) is 0 Å². The van der Waals surface area contributed by atoms with Gasteiger partial charge in [-0.2, -0.15) is 0 Å². The number of hydrogen-bond donors (Lipinski definition) is 2. The summed E-state index contributed by atoms with van der Waals surface area (Å²) in [5.74, 6) is 0.0712. The van der Waals surface area contributed by atoms with Gasteiger partial charge in [0.25, 0.3) is 0 Å². The lowest BCUT2D eigenvalue weighted by atomic mass is 9.88. The summed E-state index contributed by atoms with van der Waals surface area (Å²) in [6.45, 7) is 9.02. The van der Waals surface area contributed by atoms with Gasteiger partial charge in [-0.3, -0.25) is 4.79 Å². The van der Waals surface area contributed by atoms with Gasteiger partial charge in [0.1, 0.15) is 0 Å². The van der Waals surface area contributed by atoms with Gasteiger partial charge in [0.15, 0.2) is 0 Å². The quantitative estimate of drug-likeness (QED) is 0.575. The Labute approximate surface area is 105 Å². The van der Waals surface area contributed by atoms with Gasteiger partial charge >= 0.3 is 0 Å². The van der Waals surface area contributed by atoms with Crippen LogP contribution < -0.4 is 11.1 Å². The predicted molar refractivity (Wildman–Crippen MR) is 70.8 cm³/mol. The maximum absolute atomic E-state index is 11.5. The van der Waals surface area contributed by atoms with Crippen molar-refractivity contribution in [3.63, 3.8) is 0 Å². The molecule has 0 aliphatic carbocycles. The van der Waals surface area contributed by atoms with Crippen LogP contribution in [0.3, 0.4) is 0 Å². The maximum Gasteiger partial charge on any atom is 0.222 e. The number of hydrogen-bond acceptors (Lipinski definition) is 3. The Morgan fingerprint density at radius 1 is 1.35 bits per heavy atom. The second-order valence-corrected chi connectivity index (χ2v) is 5.20. The van der Waals surface area contributed by atoms with Gasteiger partial charge in [-0.15, -0.1) is 0 Å². The summed E-state index contributed by atoms with van der Waals surface area (Å²) in [5.41, 5.74) is 5.61. The first-order chi connectivity index (χ1) is 8.02. The van der Waals surface area contributed by atoms with Crippen LogP contribution in [0.2, 0.25) is 0 Å². The number of rotatable bonds is 10. The van der Waals surface area contributed by atoms with Gasteiger partial charge in [0.2, 0.25) is 5.91 Å². The largest absolute Gasteiger partial charge is 0.381 e. The van der Waals surface area contributed by atoms with Crippen LogP contribution in [0, 0.1) is 5.41 Å². The van der Waals surface area contributed by atoms with E-state index in [-0.39, 0.29) is 11.3 Å². The van der Waals surface area contributed by atoms with Crippen LogP contribution in [0.25, 0.3) is 0 Å². The van der Waals surface area contributed by atoms with E-state index in [1.807, 2.05) is 0 Å². The summed E-state index contributed by atoms with van der Waals surface area (Å²) in [4.78, 5) is 11.5. The number of nitrogens with one attached hydrogen (secondary N) is 1. The summed E-state index contributed by atoms with van der Waals surface area (Å²) >= 11 is 0. The second kappa shape index (κ2) is 9.42. The normalized spacial score (nSPS) is 11.5. The van der Waals surface area contributed by atoms with E-state index in [1.165, 1.54) is 0 Å². The first kappa shape index (κ1) is 16.4. The highest BCUT2D eigenvalue weighted by Gasteiger charge is 2.17. The van der Waals surface area contributed by atoms with E-state index in [9.17, 15) is 4.79 Å². The third-order valence-corrected chi connectivity index (χ3v) is 2.64. The fraction of sp³-hybridized carbons (Fsp3) is 0.923. The molecule has 0 aliphatic rings. The third-order valence-electron chi connectivity index (χ3n) is 2.64. The summed E-state index contributed by atoms with van der Waals surface area (Å²) < 4.78 is 5.27. The highest BCUT2D eigenvalue weighted by molar-refractivity contribution is 5.75. The fourth-order valence-corrected chi connectivity index (χ4v) is 1.51. The second-order valence-electron chi connectivity index (χ2n) is 5.20. The number of carbonyl (C=O) groups excluding carboxylic acids is 1. The lowest BCUT2D eigenvalue weighted by Gasteiger charge is -2.24. The molecule has 3 N–H and O–H groups in total. The molecular formula is C13H28N2O2. The predicted octanol–water partition coefficient (Wildman–Crippen LogP) is 1.68. The Hall–Kier alpha value is -0.610. The van der Waals surface area contributed by atoms with Crippen molar-refractivity contribution in [2.24, 2.45) is 11.1 Å². The molecule has 0 unspecified atom stereocenters. The van der Waals surface area contributed by atoms with Gasteiger partial charge in [0.05, 0.1) is 6.61 Å². The highest BCUT2D eigenvalue weighted by atomic mass is 16.5. The minimum absolute atomic E-state index is 0.0712. The fourth-order valence-electron chi connectivity index (χ4n) is 1.51. The molecule has 102 valence electrons. The molecule has 0 radical (unpaired) electrons. The number of nitrogens with two attached hydrogens (primary N) is 1. The summed E-state index contributed by atoms with van der Waals surface area (Å²) in [6, 6.07) is 0. The van der Waals surface area contributed by atoms with Gasteiger partial charge in [0, 0.05) is 19.6 Å². The van der Waals surface area contributed by atoms with E-state index in [0.717, 1.165) is 25.9 Å². The van der Waals surface area contributed by atoms with Crippen molar-refractivity contribution in [2.75, 3.05) is 26.3 Å². The molecular weight excluding hydrogens is 216 g/mol. The van der Waals surface area contributed by atoms with Gasteiger partial charge < -0.3 is 15.8 Å². The lowest BCUT2D eigenvalue weighted by molar-refractivity contribution is -0.122.